The van der Waals surface area contributed by atoms with E-state index in [2.05, 4.69) is 25.9 Å². The first-order chi connectivity index (χ1) is 15.2. The van der Waals surface area contributed by atoms with Gasteiger partial charge in [-0.3, -0.25) is 20.4 Å². The molecule has 2 N–H and O–H groups in total. The molecule has 168 valence electrons. The standard InChI is InChI=1S/C22H25FN6O3/c1-12-10-13(2)25-22(24-12)29-15(4)17(14(3)28-29)11-20(30)26-27-21(31)16(5)32-19-9-7-6-8-18(19)23/h6-10,16H,11H2,1-5H3,(H,26,30)(H,27,31). The van der Waals surface area contributed by atoms with E-state index >= 15 is 0 Å². The SMILES string of the molecule is Cc1cc(C)nc(-n2nc(C)c(CC(=O)NNC(=O)C(C)Oc3ccccc3F)c2C)n1. The molecule has 9 nitrogen and oxygen atoms in total. The van der Waals surface area contributed by atoms with Crippen molar-refractivity contribution in [1.82, 2.24) is 30.6 Å². The van der Waals surface area contributed by atoms with Gasteiger partial charge in [0.25, 0.3) is 11.9 Å². The summed E-state index contributed by atoms with van der Waals surface area (Å²) in [5, 5.41) is 4.46. The van der Waals surface area contributed by atoms with E-state index in [1.165, 1.54) is 25.1 Å². The summed E-state index contributed by atoms with van der Waals surface area (Å²) in [5.74, 6) is -1.25. The number of nitrogens with zero attached hydrogens (tertiary/aromatic N) is 4. The fraction of sp³-hybridized carbons (Fsp3) is 0.318. The minimum atomic E-state index is -1.01. The normalized spacial score (nSPS) is 11.7. The molecule has 0 aliphatic heterocycles. The van der Waals surface area contributed by atoms with E-state index in [-0.39, 0.29) is 12.2 Å². The van der Waals surface area contributed by atoms with Crippen LogP contribution in [0.1, 0.15) is 35.3 Å². The number of ether oxygens (including phenoxy) is 1. The van der Waals surface area contributed by atoms with Gasteiger partial charge in [-0.15, -0.1) is 0 Å². The van der Waals surface area contributed by atoms with Crippen LogP contribution >= 0.6 is 0 Å². The number of benzene rings is 1. The molecule has 2 amide bonds. The minimum Gasteiger partial charge on any atom is -0.478 e. The topological polar surface area (TPSA) is 111 Å². The van der Waals surface area contributed by atoms with Crippen LogP contribution in [-0.2, 0) is 16.0 Å². The highest BCUT2D eigenvalue weighted by Gasteiger charge is 2.20. The minimum absolute atomic E-state index is 0.00863. The Labute approximate surface area is 185 Å². The Hall–Kier alpha value is -3.82. The van der Waals surface area contributed by atoms with E-state index in [9.17, 15) is 14.0 Å². The number of amides is 2. The van der Waals surface area contributed by atoms with Gasteiger partial charge in [-0.1, -0.05) is 12.1 Å². The highest BCUT2D eigenvalue weighted by molar-refractivity contribution is 5.85. The van der Waals surface area contributed by atoms with E-state index < -0.39 is 23.7 Å². The van der Waals surface area contributed by atoms with Crippen LogP contribution in [0.2, 0.25) is 0 Å². The van der Waals surface area contributed by atoms with E-state index in [1.54, 1.807) is 17.7 Å². The first-order valence-electron chi connectivity index (χ1n) is 10.0. The summed E-state index contributed by atoms with van der Waals surface area (Å²) in [4.78, 5) is 33.4. The zero-order valence-corrected chi connectivity index (χ0v) is 18.6. The van der Waals surface area contributed by atoms with Crippen molar-refractivity contribution in [1.29, 1.82) is 0 Å². The largest absolute Gasteiger partial charge is 0.478 e. The number of hydrogen-bond donors (Lipinski definition) is 2. The van der Waals surface area contributed by atoms with E-state index in [4.69, 9.17) is 4.74 Å². The van der Waals surface area contributed by atoms with Crippen LogP contribution in [-0.4, -0.2) is 37.7 Å². The highest BCUT2D eigenvalue weighted by atomic mass is 19.1. The third-order valence-electron chi connectivity index (χ3n) is 4.77. The molecule has 3 aromatic rings. The fourth-order valence-corrected chi connectivity index (χ4v) is 3.15. The number of carbonyl (C=O) groups excluding carboxylic acids is 2. The summed E-state index contributed by atoms with van der Waals surface area (Å²) < 4.78 is 20.6. The first-order valence-corrected chi connectivity index (χ1v) is 10.0. The quantitative estimate of drug-likeness (QED) is 0.569. The number of aromatic nitrogens is 4. The van der Waals surface area contributed by atoms with Crippen molar-refractivity contribution in [2.45, 2.75) is 47.1 Å². The molecule has 10 heteroatoms. The Morgan fingerprint density at radius 3 is 2.41 bits per heavy atom. The zero-order chi connectivity index (χ0) is 23.4. The molecule has 32 heavy (non-hydrogen) atoms. The van der Waals surface area contributed by atoms with E-state index in [0.29, 0.717) is 17.2 Å². The van der Waals surface area contributed by atoms with Crippen molar-refractivity contribution in [2.24, 2.45) is 0 Å². The molecule has 0 spiro atoms. The number of para-hydroxylation sites is 1. The van der Waals surface area contributed by atoms with Crippen LogP contribution < -0.4 is 15.6 Å². The molecular formula is C22H25FN6O3. The predicted octanol–water partition coefficient (Wildman–Crippen LogP) is 2.19. The Morgan fingerprint density at radius 2 is 1.75 bits per heavy atom. The smallest absolute Gasteiger partial charge is 0.279 e. The molecule has 1 atom stereocenters. The average molecular weight is 440 g/mol. The predicted molar refractivity (Wildman–Crippen MR) is 115 cm³/mol. The van der Waals surface area contributed by atoms with Gasteiger partial charge < -0.3 is 4.74 Å². The van der Waals surface area contributed by atoms with Gasteiger partial charge in [-0.25, -0.2) is 19.0 Å². The molecule has 3 rings (SSSR count). The number of rotatable bonds is 6. The van der Waals surface area contributed by atoms with Crippen molar-refractivity contribution in [3.63, 3.8) is 0 Å². The monoisotopic (exact) mass is 440 g/mol. The van der Waals surface area contributed by atoms with Gasteiger partial charge in [0, 0.05) is 22.6 Å². The van der Waals surface area contributed by atoms with Crippen LogP contribution in [0.25, 0.3) is 5.95 Å². The number of nitrogens with one attached hydrogen (secondary N) is 2. The lowest BCUT2D eigenvalue weighted by Gasteiger charge is -2.15. The van der Waals surface area contributed by atoms with Gasteiger partial charge in [0.1, 0.15) is 0 Å². The van der Waals surface area contributed by atoms with Crippen LogP contribution in [0.15, 0.2) is 30.3 Å². The molecule has 0 fully saturated rings. The van der Waals surface area contributed by atoms with Crippen LogP contribution in [0, 0.1) is 33.5 Å². The van der Waals surface area contributed by atoms with Crippen molar-refractivity contribution >= 4 is 11.8 Å². The lowest BCUT2D eigenvalue weighted by atomic mass is 10.1. The van der Waals surface area contributed by atoms with E-state index in [0.717, 1.165) is 17.1 Å². The molecule has 0 saturated carbocycles. The fourth-order valence-electron chi connectivity index (χ4n) is 3.15. The third kappa shape index (κ3) is 5.26. The zero-order valence-electron chi connectivity index (χ0n) is 18.6. The molecule has 0 radical (unpaired) electrons. The van der Waals surface area contributed by atoms with Gasteiger partial charge in [0.15, 0.2) is 17.7 Å². The molecule has 2 aromatic heterocycles. The van der Waals surface area contributed by atoms with Gasteiger partial charge in [0.05, 0.1) is 12.1 Å². The lowest BCUT2D eigenvalue weighted by molar-refractivity contribution is -0.132. The van der Waals surface area contributed by atoms with Crippen LogP contribution in [0.5, 0.6) is 5.75 Å². The van der Waals surface area contributed by atoms with Gasteiger partial charge >= 0.3 is 0 Å². The molecule has 0 saturated heterocycles. The Balaban J connectivity index is 1.62. The second kappa shape index (κ2) is 9.54. The molecule has 1 unspecified atom stereocenters. The summed E-state index contributed by atoms with van der Waals surface area (Å²) in [6, 6.07) is 7.63. The molecule has 2 heterocycles. The number of carbonyl (C=O) groups is 2. The van der Waals surface area contributed by atoms with E-state index in [1.807, 2.05) is 26.8 Å². The van der Waals surface area contributed by atoms with Crippen LogP contribution in [0.3, 0.4) is 0 Å². The molecule has 0 aliphatic rings. The average Bonchev–Trinajstić information content (AvgIpc) is 3.01. The number of hydrogen-bond acceptors (Lipinski definition) is 6. The second-order valence-electron chi connectivity index (χ2n) is 7.42. The van der Waals surface area contributed by atoms with Crippen LogP contribution in [0.4, 0.5) is 4.39 Å². The van der Waals surface area contributed by atoms with Crippen molar-refractivity contribution < 1.29 is 18.7 Å². The number of halogens is 1. The van der Waals surface area contributed by atoms with Crippen molar-refractivity contribution in [2.75, 3.05) is 0 Å². The second-order valence-corrected chi connectivity index (χ2v) is 7.42. The summed E-state index contributed by atoms with van der Waals surface area (Å²) in [6.45, 7) is 8.82. The molecule has 0 aliphatic carbocycles. The molecule has 1 aromatic carbocycles. The summed E-state index contributed by atoms with van der Waals surface area (Å²) >= 11 is 0. The van der Waals surface area contributed by atoms with Gasteiger partial charge in [-0.2, -0.15) is 5.10 Å². The van der Waals surface area contributed by atoms with Gasteiger partial charge in [-0.05, 0) is 52.8 Å². The Kier molecular flexibility index (Phi) is 6.82. The van der Waals surface area contributed by atoms with Crippen molar-refractivity contribution in [3.8, 4) is 11.7 Å². The summed E-state index contributed by atoms with van der Waals surface area (Å²) in [7, 11) is 0. The summed E-state index contributed by atoms with van der Waals surface area (Å²) in [6.07, 6.45) is -1.02. The van der Waals surface area contributed by atoms with Crippen molar-refractivity contribution in [3.05, 3.63) is 64.5 Å². The Morgan fingerprint density at radius 1 is 1.09 bits per heavy atom. The maximum absolute atomic E-state index is 13.7. The molecular weight excluding hydrogens is 415 g/mol. The maximum atomic E-state index is 13.7. The van der Waals surface area contributed by atoms with Gasteiger partial charge in [0.2, 0.25) is 5.91 Å². The molecule has 0 bridgehead atoms. The third-order valence-corrected chi connectivity index (χ3v) is 4.77. The number of aryl methyl sites for hydroxylation is 3. The summed E-state index contributed by atoms with van der Waals surface area (Å²) in [5.41, 5.74) is 8.36. The Bertz CT molecular complexity index is 1140. The maximum Gasteiger partial charge on any atom is 0.279 e. The highest BCUT2D eigenvalue weighted by Crippen LogP contribution is 2.18. The number of hydrazine groups is 1. The first kappa shape index (κ1) is 22.9. The lowest BCUT2D eigenvalue weighted by Crippen LogP contribution is -2.47.